The number of hydrogen-bond donors (Lipinski definition) is 1. The molecule has 1 N–H and O–H groups in total. The van der Waals surface area contributed by atoms with Gasteiger partial charge in [-0.25, -0.2) is 9.59 Å². The molecule has 0 saturated heterocycles. The highest BCUT2D eigenvalue weighted by Crippen LogP contribution is 2.13. The molecule has 0 heterocycles. The molecule has 0 fully saturated rings. The highest BCUT2D eigenvalue weighted by atomic mass is 79.9. The van der Waals surface area contributed by atoms with Gasteiger partial charge >= 0.3 is 12.1 Å². The summed E-state index contributed by atoms with van der Waals surface area (Å²) >= 11 is 3.35. The van der Waals surface area contributed by atoms with Crippen molar-refractivity contribution in [1.29, 1.82) is 0 Å². The normalized spacial score (nSPS) is 13.5. The maximum absolute atomic E-state index is 12.1. The van der Waals surface area contributed by atoms with E-state index in [0.717, 1.165) is 18.2 Å². The van der Waals surface area contributed by atoms with E-state index in [0.29, 0.717) is 6.42 Å². The molecule has 0 aromatic heterocycles. The Morgan fingerprint density at radius 1 is 1.00 bits per heavy atom. The summed E-state index contributed by atoms with van der Waals surface area (Å²) in [5, 5.41) is 3.47. The molecule has 0 aliphatic rings. The van der Waals surface area contributed by atoms with Crippen LogP contribution in [0, 0.1) is 0 Å². The second-order valence-corrected chi connectivity index (χ2v) is 7.71. The van der Waals surface area contributed by atoms with Crippen LogP contribution in [0.25, 0.3) is 0 Å². The van der Waals surface area contributed by atoms with Gasteiger partial charge in [0.2, 0.25) is 0 Å². The highest BCUT2D eigenvalue weighted by molar-refractivity contribution is 9.09. The van der Waals surface area contributed by atoms with Crippen molar-refractivity contribution in [2.45, 2.75) is 78.0 Å². The van der Waals surface area contributed by atoms with Crippen LogP contribution in [0.15, 0.2) is 0 Å². The van der Waals surface area contributed by atoms with Crippen LogP contribution < -0.4 is 5.32 Å². The van der Waals surface area contributed by atoms with Gasteiger partial charge in [-0.2, -0.15) is 0 Å². The molecule has 0 aromatic rings. The number of unbranched alkanes of at least 4 members (excludes halogenated alkanes) is 1. The fourth-order valence-electron chi connectivity index (χ4n) is 1.51. The lowest BCUT2D eigenvalue weighted by Gasteiger charge is -2.26. The fraction of sp³-hybridized carbons (Fsp3) is 0.867. The molecular formula is C15H28BrNO4. The van der Waals surface area contributed by atoms with Gasteiger partial charge in [-0.1, -0.05) is 15.9 Å². The Morgan fingerprint density at radius 2 is 1.52 bits per heavy atom. The topological polar surface area (TPSA) is 64.6 Å². The van der Waals surface area contributed by atoms with E-state index in [1.165, 1.54) is 0 Å². The van der Waals surface area contributed by atoms with Gasteiger partial charge < -0.3 is 14.8 Å². The number of amides is 1. The number of halogens is 1. The van der Waals surface area contributed by atoms with E-state index in [1.807, 2.05) is 0 Å². The van der Waals surface area contributed by atoms with E-state index in [1.54, 1.807) is 41.5 Å². The van der Waals surface area contributed by atoms with Crippen LogP contribution in [0.5, 0.6) is 0 Å². The Kier molecular flexibility index (Phi) is 8.29. The Labute approximate surface area is 136 Å². The van der Waals surface area contributed by atoms with Crippen molar-refractivity contribution in [2.75, 3.05) is 5.33 Å². The molecule has 0 aromatic carbocycles. The van der Waals surface area contributed by atoms with E-state index in [9.17, 15) is 9.59 Å². The number of alkyl halides is 1. The largest absolute Gasteiger partial charge is 0.458 e. The van der Waals surface area contributed by atoms with Gasteiger partial charge in [0.1, 0.15) is 17.2 Å². The molecule has 124 valence electrons. The lowest BCUT2D eigenvalue weighted by Crippen LogP contribution is -2.46. The summed E-state index contributed by atoms with van der Waals surface area (Å²) in [6.45, 7) is 10.7. The number of carbonyl (C=O) groups is 2. The molecule has 5 nitrogen and oxygen atoms in total. The van der Waals surface area contributed by atoms with Crippen molar-refractivity contribution in [1.82, 2.24) is 5.32 Å². The minimum Gasteiger partial charge on any atom is -0.458 e. The molecule has 6 heteroatoms. The maximum Gasteiger partial charge on any atom is 0.408 e. The molecule has 0 aliphatic carbocycles. The zero-order valence-electron chi connectivity index (χ0n) is 13.9. The van der Waals surface area contributed by atoms with Crippen LogP contribution in [-0.4, -0.2) is 34.6 Å². The monoisotopic (exact) mass is 365 g/mol. The molecular weight excluding hydrogens is 338 g/mol. The SMILES string of the molecule is CC(C)(C)OC(=O)N[C@@H](CCCCBr)C(=O)OC(C)(C)C. The van der Waals surface area contributed by atoms with E-state index < -0.39 is 29.3 Å². The molecule has 0 rings (SSSR count). The minimum absolute atomic E-state index is 0.428. The van der Waals surface area contributed by atoms with Crippen molar-refractivity contribution >= 4 is 28.0 Å². The Hall–Kier alpha value is -0.780. The number of nitrogens with one attached hydrogen (secondary N) is 1. The number of esters is 1. The third-order valence-electron chi connectivity index (χ3n) is 2.26. The predicted molar refractivity (Wildman–Crippen MR) is 86.6 cm³/mol. The van der Waals surface area contributed by atoms with Crippen LogP contribution in [0.3, 0.4) is 0 Å². The minimum atomic E-state index is -0.682. The standard InChI is InChI=1S/C15H28BrNO4/c1-14(2,3)20-12(18)11(9-7-8-10-16)17-13(19)21-15(4,5)6/h11H,7-10H2,1-6H3,(H,17,19)/t11-/m0/s1. The Balaban J connectivity index is 4.65. The third kappa shape index (κ3) is 11.5. The second kappa shape index (κ2) is 8.61. The number of ether oxygens (including phenoxy) is 2. The van der Waals surface area contributed by atoms with Crippen molar-refractivity contribution in [3.63, 3.8) is 0 Å². The molecule has 0 bridgehead atoms. The van der Waals surface area contributed by atoms with E-state index in [2.05, 4.69) is 21.2 Å². The Morgan fingerprint density at radius 3 is 1.95 bits per heavy atom. The highest BCUT2D eigenvalue weighted by Gasteiger charge is 2.28. The van der Waals surface area contributed by atoms with Crippen molar-refractivity contribution in [2.24, 2.45) is 0 Å². The van der Waals surface area contributed by atoms with E-state index in [-0.39, 0.29) is 0 Å². The van der Waals surface area contributed by atoms with Gasteiger partial charge in [-0.05, 0) is 60.8 Å². The summed E-state index contributed by atoms with van der Waals surface area (Å²) in [5.41, 5.74) is -1.18. The first-order valence-corrected chi connectivity index (χ1v) is 8.35. The van der Waals surface area contributed by atoms with E-state index in [4.69, 9.17) is 9.47 Å². The average Bonchev–Trinajstić information content (AvgIpc) is 2.22. The van der Waals surface area contributed by atoms with Crippen molar-refractivity contribution in [3.8, 4) is 0 Å². The molecule has 1 atom stereocenters. The van der Waals surface area contributed by atoms with Crippen LogP contribution >= 0.6 is 15.9 Å². The Bertz CT molecular complexity index is 345. The zero-order chi connectivity index (χ0) is 16.7. The summed E-state index contributed by atoms with van der Waals surface area (Å²) in [6.07, 6.45) is 1.66. The smallest absolute Gasteiger partial charge is 0.408 e. The van der Waals surface area contributed by atoms with Gasteiger partial charge in [0.25, 0.3) is 0 Å². The first kappa shape index (κ1) is 20.2. The molecule has 0 spiro atoms. The summed E-state index contributed by atoms with van der Waals surface area (Å²) in [6, 6.07) is -0.682. The molecule has 0 saturated carbocycles. The van der Waals surface area contributed by atoms with Crippen LogP contribution in [0.2, 0.25) is 0 Å². The molecule has 0 unspecified atom stereocenters. The molecule has 0 radical (unpaired) electrons. The first-order valence-electron chi connectivity index (χ1n) is 7.23. The van der Waals surface area contributed by atoms with Crippen molar-refractivity contribution in [3.05, 3.63) is 0 Å². The zero-order valence-corrected chi connectivity index (χ0v) is 15.5. The van der Waals surface area contributed by atoms with Gasteiger partial charge in [0.15, 0.2) is 0 Å². The third-order valence-corrected chi connectivity index (χ3v) is 2.82. The van der Waals surface area contributed by atoms with E-state index >= 15 is 0 Å². The molecule has 21 heavy (non-hydrogen) atoms. The van der Waals surface area contributed by atoms with Gasteiger partial charge in [0.05, 0.1) is 0 Å². The number of alkyl carbamates (subject to hydrolysis) is 1. The van der Waals surface area contributed by atoms with Gasteiger partial charge in [-0.3, -0.25) is 0 Å². The summed E-state index contributed by atoms with van der Waals surface area (Å²) in [7, 11) is 0. The summed E-state index contributed by atoms with van der Waals surface area (Å²) < 4.78 is 10.5. The number of carbonyl (C=O) groups excluding carboxylic acids is 2. The molecule has 0 aliphatic heterocycles. The fourth-order valence-corrected chi connectivity index (χ4v) is 1.91. The summed E-state index contributed by atoms with van der Waals surface area (Å²) in [5.74, 6) is -0.428. The summed E-state index contributed by atoms with van der Waals surface area (Å²) in [4.78, 5) is 24.0. The van der Waals surface area contributed by atoms with Crippen LogP contribution in [0.4, 0.5) is 4.79 Å². The molecule has 1 amide bonds. The number of hydrogen-bond acceptors (Lipinski definition) is 4. The predicted octanol–water partition coefficient (Wildman–Crippen LogP) is 3.79. The maximum atomic E-state index is 12.1. The van der Waals surface area contributed by atoms with Crippen molar-refractivity contribution < 1.29 is 19.1 Å². The van der Waals surface area contributed by atoms with Crippen LogP contribution in [-0.2, 0) is 14.3 Å². The average molecular weight is 366 g/mol. The number of rotatable bonds is 6. The van der Waals surface area contributed by atoms with Crippen LogP contribution in [0.1, 0.15) is 60.8 Å². The lowest BCUT2D eigenvalue weighted by atomic mass is 10.1. The second-order valence-electron chi connectivity index (χ2n) is 6.92. The lowest BCUT2D eigenvalue weighted by molar-refractivity contribution is -0.157. The quantitative estimate of drug-likeness (QED) is 0.441. The van der Waals surface area contributed by atoms with Gasteiger partial charge in [-0.15, -0.1) is 0 Å². The van der Waals surface area contributed by atoms with Gasteiger partial charge in [0, 0.05) is 5.33 Å². The first-order chi connectivity index (χ1) is 9.44.